The first-order chi connectivity index (χ1) is 6.92. The van der Waals surface area contributed by atoms with Crippen molar-refractivity contribution in [1.29, 1.82) is 0 Å². The van der Waals surface area contributed by atoms with Crippen molar-refractivity contribution in [2.24, 2.45) is 5.11 Å². The Hall–Kier alpha value is -1.48. The molecule has 1 aliphatic rings. The van der Waals surface area contributed by atoms with Crippen molar-refractivity contribution in [3.63, 3.8) is 0 Å². The number of aromatic nitrogens is 2. The van der Waals surface area contributed by atoms with Gasteiger partial charge < -0.3 is 4.57 Å². The molecule has 5 nitrogen and oxygen atoms in total. The van der Waals surface area contributed by atoms with Gasteiger partial charge in [0.25, 0.3) is 0 Å². The summed E-state index contributed by atoms with van der Waals surface area (Å²) in [5, 5.41) is 3.85. The van der Waals surface area contributed by atoms with E-state index in [2.05, 4.69) is 19.6 Å². The Morgan fingerprint density at radius 2 is 2.29 bits per heavy atom. The van der Waals surface area contributed by atoms with Crippen molar-refractivity contribution >= 4 is 0 Å². The van der Waals surface area contributed by atoms with E-state index < -0.39 is 0 Å². The van der Waals surface area contributed by atoms with Gasteiger partial charge in [0.05, 0.1) is 12.4 Å². The molecule has 0 spiro atoms. The fraction of sp³-hybridized carbons (Fsp3) is 0.667. The molecule has 1 aliphatic carbocycles. The van der Waals surface area contributed by atoms with Crippen molar-refractivity contribution in [3.05, 3.63) is 29.2 Å². The van der Waals surface area contributed by atoms with Crippen LogP contribution in [0.5, 0.6) is 0 Å². The predicted octanol–water partition coefficient (Wildman–Crippen LogP) is 2.68. The highest BCUT2D eigenvalue weighted by molar-refractivity contribution is 4.90. The van der Waals surface area contributed by atoms with Crippen molar-refractivity contribution in [1.82, 2.24) is 9.55 Å². The Balaban J connectivity index is 2.18. The summed E-state index contributed by atoms with van der Waals surface area (Å²) in [6.45, 7) is 0. The second-order valence-corrected chi connectivity index (χ2v) is 3.63. The molecule has 0 radical (unpaired) electrons. The topological polar surface area (TPSA) is 66.6 Å². The van der Waals surface area contributed by atoms with Gasteiger partial charge in [0.15, 0.2) is 0 Å². The van der Waals surface area contributed by atoms with E-state index in [1.165, 1.54) is 6.42 Å². The second-order valence-electron chi connectivity index (χ2n) is 3.63. The standard InChI is InChI=1S/C9H13N5/c10-13-12-8-3-1-2-4-9(8)14-6-5-11-7-14/h5-9H,1-4H2/t8-,9-/m0/s1. The average Bonchev–Trinajstić information content (AvgIpc) is 2.72. The van der Waals surface area contributed by atoms with Crippen LogP contribution >= 0.6 is 0 Å². The zero-order valence-corrected chi connectivity index (χ0v) is 7.95. The Morgan fingerprint density at radius 3 is 3.00 bits per heavy atom. The SMILES string of the molecule is [N-]=[N+]=N[C@H]1CCCC[C@@H]1n1ccnc1. The Labute approximate surface area is 82.4 Å². The molecule has 0 bridgehead atoms. The van der Waals surface area contributed by atoms with Crippen LogP contribution in [0.2, 0.25) is 0 Å². The quantitative estimate of drug-likeness (QED) is 0.402. The fourth-order valence-electron chi connectivity index (χ4n) is 2.11. The van der Waals surface area contributed by atoms with E-state index in [9.17, 15) is 0 Å². The second kappa shape index (κ2) is 4.15. The normalized spacial score (nSPS) is 26.9. The number of hydrogen-bond donors (Lipinski definition) is 0. The van der Waals surface area contributed by atoms with Crippen LogP contribution in [0.1, 0.15) is 31.7 Å². The van der Waals surface area contributed by atoms with Crippen LogP contribution in [0, 0.1) is 0 Å². The highest BCUT2D eigenvalue weighted by Gasteiger charge is 2.24. The van der Waals surface area contributed by atoms with Crippen LogP contribution in [-0.2, 0) is 0 Å². The minimum absolute atomic E-state index is 0.1000. The molecule has 14 heavy (non-hydrogen) atoms. The first kappa shape index (κ1) is 9.09. The monoisotopic (exact) mass is 191 g/mol. The summed E-state index contributed by atoms with van der Waals surface area (Å²) in [6.07, 6.45) is 9.95. The van der Waals surface area contributed by atoms with Gasteiger partial charge in [0.2, 0.25) is 0 Å². The lowest BCUT2D eigenvalue weighted by atomic mass is 9.91. The Morgan fingerprint density at radius 1 is 1.43 bits per heavy atom. The number of azide groups is 1. The van der Waals surface area contributed by atoms with Crippen molar-refractivity contribution in [2.75, 3.05) is 0 Å². The van der Waals surface area contributed by atoms with Gasteiger partial charge in [-0.3, -0.25) is 0 Å². The summed E-state index contributed by atoms with van der Waals surface area (Å²) in [5.74, 6) is 0. The van der Waals surface area contributed by atoms with Crippen LogP contribution < -0.4 is 0 Å². The summed E-state index contributed by atoms with van der Waals surface area (Å²) >= 11 is 0. The Kier molecular flexibility index (Phi) is 2.70. The first-order valence-electron chi connectivity index (χ1n) is 4.93. The molecule has 1 aromatic heterocycles. The number of rotatable bonds is 2. The summed E-state index contributed by atoms with van der Waals surface area (Å²) in [5.41, 5.74) is 8.47. The lowest BCUT2D eigenvalue weighted by Crippen LogP contribution is -2.25. The third-order valence-corrected chi connectivity index (χ3v) is 2.80. The van der Waals surface area contributed by atoms with E-state index in [4.69, 9.17) is 5.53 Å². The van der Waals surface area contributed by atoms with E-state index in [0.717, 1.165) is 19.3 Å². The van der Waals surface area contributed by atoms with Gasteiger partial charge in [-0.05, 0) is 18.4 Å². The van der Waals surface area contributed by atoms with Gasteiger partial charge in [0.1, 0.15) is 0 Å². The van der Waals surface area contributed by atoms with Gasteiger partial charge in [-0.2, -0.15) is 0 Å². The summed E-state index contributed by atoms with van der Waals surface area (Å²) in [7, 11) is 0. The molecule has 0 amide bonds. The summed E-state index contributed by atoms with van der Waals surface area (Å²) in [4.78, 5) is 6.93. The molecule has 74 valence electrons. The van der Waals surface area contributed by atoms with Gasteiger partial charge in [-0.1, -0.05) is 18.0 Å². The first-order valence-corrected chi connectivity index (χ1v) is 4.93. The van der Waals surface area contributed by atoms with Crippen molar-refractivity contribution < 1.29 is 0 Å². The fourth-order valence-corrected chi connectivity index (χ4v) is 2.11. The molecule has 5 heteroatoms. The molecule has 2 atom stereocenters. The zero-order chi connectivity index (χ0) is 9.80. The van der Waals surface area contributed by atoms with E-state index in [1.54, 1.807) is 12.5 Å². The van der Waals surface area contributed by atoms with Crippen LogP contribution in [0.25, 0.3) is 10.4 Å². The minimum atomic E-state index is 0.1000. The highest BCUT2D eigenvalue weighted by atomic mass is 15.2. The number of imidazole rings is 1. The third-order valence-electron chi connectivity index (χ3n) is 2.80. The van der Waals surface area contributed by atoms with Gasteiger partial charge >= 0.3 is 0 Å². The van der Waals surface area contributed by atoms with E-state index in [0.29, 0.717) is 6.04 Å². The van der Waals surface area contributed by atoms with Crippen LogP contribution in [0.4, 0.5) is 0 Å². The van der Waals surface area contributed by atoms with E-state index in [-0.39, 0.29) is 6.04 Å². The molecule has 0 aromatic carbocycles. The molecule has 0 N–H and O–H groups in total. The van der Waals surface area contributed by atoms with Gasteiger partial charge in [0, 0.05) is 23.3 Å². The number of nitrogens with zero attached hydrogens (tertiary/aromatic N) is 5. The molecule has 0 saturated heterocycles. The average molecular weight is 191 g/mol. The molecule has 1 saturated carbocycles. The Bertz CT molecular complexity index is 325. The van der Waals surface area contributed by atoms with Crippen LogP contribution in [0.15, 0.2) is 23.8 Å². The maximum Gasteiger partial charge on any atom is 0.0948 e. The maximum absolute atomic E-state index is 8.47. The van der Waals surface area contributed by atoms with Crippen molar-refractivity contribution in [2.45, 2.75) is 37.8 Å². The lowest BCUT2D eigenvalue weighted by molar-refractivity contribution is 0.305. The highest BCUT2D eigenvalue weighted by Crippen LogP contribution is 2.30. The predicted molar refractivity (Wildman–Crippen MR) is 52.7 cm³/mol. The summed E-state index contributed by atoms with van der Waals surface area (Å²) in [6, 6.07) is 0.407. The molecular formula is C9H13N5. The van der Waals surface area contributed by atoms with E-state index >= 15 is 0 Å². The molecule has 0 unspecified atom stereocenters. The molecular weight excluding hydrogens is 178 g/mol. The van der Waals surface area contributed by atoms with Gasteiger partial charge in [-0.15, -0.1) is 0 Å². The molecule has 1 heterocycles. The summed E-state index contributed by atoms with van der Waals surface area (Å²) < 4.78 is 2.05. The molecule has 0 aliphatic heterocycles. The van der Waals surface area contributed by atoms with E-state index in [1.807, 2.05) is 6.20 Å². The van der Waals surface area contributed by atoms with Crippen LogP contribution in [-0.4, -0.2) is 15.6 Å². The van der Waals surface area contributed by atoms with Crippen molar-refractivity contribution in [3.8, 4) is 0 Å². The lowest BCUT2D eigenvalue weighted by Gasteiger charge is -2.28. The molecule has 2 rings (SSSR count). The number of hydrogen-bond acceptors (Lipinski definition) is 2. The third kappa shape index (κ3) is 1.72. The zero-order valence-electron chi connectivity index (χ0n) is 7.95. The minimum Gasteiger partial charge on any atom is -0.334 e. The maximum atomic E-state index is 8.47. The van der Waals surface area contributed by atoms with Crippen LogP contribution in [0.3, 0.4) is 0 Å². The largest absolute Gasteiger partial charge is 0.334 e. The smallest absolute Gasteiger partial charge is 0.0948 e. The molecule has 1 aromatic rings. The van der Waals surface area contributed by atoms with Gasteiger partial charge in [-0.25, -0.2) is 4.98 Å². The molecule has 1 fully saturated rings.